The molecule has 0 spiro atoms. The third-order valence-electron chi connectivity index (χ3n) is 3.76. The third kappa shape index (κ3) is 4.25. The maximum Gasteiger partial charge on any atom is 0.344 e. The van der Waals surface area contributed by atoms with Crippen LogP contribution in [0.4, 0.5) is 0 Å². The Morgan fingerprint density at radius 2 is 1.93 bits per heavy atom. The minimum Gasteiger partial charge on any atom is -0.493 e. The molecule has 0 saturated carbocycles. The van der Waals surface area contributed by atoms with E-state index in [4.69, 9.17) is 14.2 Å². The van der Waals surface area contributed by atoms with E-state index < -0.39 is 5.97 Å². The fourth-order valence-corrected chi connectivity index (χ4v) is 2.59. The van der Waals surface area contributed by atoms with Crippen LogP contribution in [-0.4, -0.2) is 35.8 Å². The van der Waals surface area contributed by atoms with E-state index in [1.165, 1.54) is 7.11 Å². The Balaban J connectivity index is 1.88. The lowest BCUT2D eigenvalue weighted by atomic mass is 10.1. The first kappa shape index (κ1) is 18.4. The van der Waals surface area contributed by atoms with Crippen LogP contribution in [0.25, 0.3) is 22.3 Å². The van der Waals surface area contributed by atoms with E-state index in [2.05, 4.69) is 9.97 Å². The number of H-pyrrole nitrogens is 1. The van der Waals surface area contributed by atoms with Crippen LogP contribution in [0.2, 0.25) is 0 Å². The van der Waals surface area contributed by atoms with Gasteiger partial charge in [0.1, 0.15) is 5.82 Å². The molecule has 0 fully saturated rings. The Morgan fingerprint density at radius 3 is 2.67 bits per heavy atom. The van der Waals surface area contributed by atoms with Crippen LogP contribution < -0.4 is 15.0 Å². The number of nitrogens with one attached hydrogen (secondary N) is 1. The van der Waals surface area contributed by atoms with Gasteiger partial charge in [0.2, 0.25) is 0 Å². The van der Waals surface area contributed by atoms with Gasteiger partial charge in [0, 0.05) is 5.56 Å². The van der Waals surface area contributed by atoms with Crippen molar-refractivity contribution in [3.63, 3.8) is 0 Å². The van der Waals surface area contributed by atoms with Crippen molar-refractivity contribution in [3.05, 3.63) is 52.8 Å². The van der Waals surface area contributed by atoms with Crippen molar-refractivity contribution in [1.29, 1.82) is 0 Å². The first-order chi connectivity index (χ1) is 13.0. The molecular formula is C20H20N2O5. The van der Waals surface area contributed by atoms with Crippen LogP contribution in [0.15, 0.2) is 47.3 Å². The summed E-state index contributed by atoms with van der Waals surface area (Å²) < 4.78 is 15.9. The molecule has 0 bridgehead atoms. The summed E-state index contributed by atoms with van der Waals surface area (Å²) >= 11 is 0. The smallest absolute Gasteiger partial charge is 0.344 e. The van der Waals surface area contributed by atoms with Gasteiger partial charge < -0.3 is 19.2 Å². The topological polar surface area (TPSA) is 90.5 Å². The zero-order chi connectivity index (χ0) is 19.4. The Kier molecular flexibility index (Phi) is 5.40. The summed E-state index contributed by atoms with van der Waals surface area (Å²) in [5.41, 5.74) is 1.05. The highest BCUT2D eigenvalue weighted by molar-refractivity contribution is 5.79. The second kappa shape index (κ2) is 7.90. The van der Waals surface area contributed by atoms with E-state index in [1.807, 2.05) is 6.07 Å². The number of esters is 1. The fourth-order valence-electron chi connectivity index (χ4n) is 2.59. The van der Waals surface area contributed by atoms with Crippen molar-refractivity contribution >= 4 is 16.9 Å². The van der Waals surface area contributed by atoms with Gasteiger partial charge in [0.05, 0.1) is 24.1 Å². The first-order valence-corrected chi connectivity index (χ1v) is 8.47. The Bertz CT molecular complexity index is 1030. The molecule has 0 amide bonds. The average molecular weight is 368 g/mol. The number of nitrogens with zero attached hydrogens (tertiary/aromatic N) is 1. The Labute approximate surface area is 155 Å². The van der Waals surface area contributed by atoms with Crippen LogP contribution in [0, 0.1) is 0 Å². The lowest BCUT2D eigenvalue weighted by Crippen LogP contribution is -2.18. The van der Waals surface area contributed by atoms with Crippen LogP contribution in [-0.2, 0) is 9.53 Å². The van der Waals surface area contributed by atoms with E-state index in [0.29, 0.717) is 33.8 Å². The number of hydrogen-bond acceptors (Lipinski definition) is 6. The van der Waals surface area contributed by atoms with Crippen molar-refractivity contribution in [2.24, 2.45) is 0 Å². The van der Waals surface area contributed by atoms with Gasteiger partial charge in [-0.05, 0) is 44.2 Å². The molecule has 0 atom stereocenters. The molecule has 7 heteroatoms. The molecule has 1 aromatic heterocycles. The molecule has 2 aromatic carbocycles. The SMILES string of the molecule is COc1cc(-c2nc3ccccc3c(=O)[nH]2)ccc1OCC(=O)OC(C)C. The minimum atomic E-state index is -0.461. The standard InChI is InChI=1S/C20H20N2O5/c1-12(2)27-18(23)11-26-16-9-8-13(10-17(16)25-3)19-21-15-7-5-4-6-14(15)20(24)22-19/h4-10,12H,11H2,1-3H3,(H,21,22,24). The highest BCUT2D eigenvalue weighted by atomic mass is 16.6. The van der Waals surface area contributed by atoms with Crippen molar-refractivity contribution in [2.45, 2.75) is 20.0 Å². The molecule has 0 aliphatic carbocycles. The van der Waals surface area contributed by atoms with E-state index in [1.54, 1.807) is 50.2 Å². The van der Waals surface area contributed by atoms with Gasteiger partial charge in [-0.1, -0.05) is 12.1 Å². The number of benzene rings is 2. The predicted octanol–water partition coefficient (Wildman–Crippen LogP) is 2.93. The number of carbonyl (C=O) groups is 1. The van der Waals surface area contributed by atoms with Crippen LogP contribution in [0.1, 0.15) is 13.8 Å². The second-order valence-corrected chi connectivity index (χ2v) is 6.12. The summed E-state index contributed by atoms with van der Waals surface area (Å²) in [6, 6.07) is 12.2. The Morgan fingerprint density at radius 1 is 1.15 bits per heavy atom. The largest absolute Gasteiger partial charge is 0.493 e. The van der Waals surface area contributed by atoms with Gasteiger partial charge in [0.15, 0.2) is 18.1 Å². The molecule has 0 radical (unpaired) electrons. The van der Waals surface area contributed by atoms with E-state index in [-0.39, 0.29) is 18.3 Å². The molecule has 3 aromatic rings. The maximum absolute atomic E-state index is 12.3. The van der Waals surface area contributed by atoms with Crippen molar-refractivity contribution in [2.75, 3.05) is 13.7 Å². The molecule has 3 rings (SSSR count). The summed E-state index contributed by atoms with van der Waals surface area (Å²) in [4.78, 5) is 31.2. The number of aromatic amines is 1. The number of fused-ring (bicyclic) bond motifs is 1. The monoisotopic (exact) mass is 368 g/mol. The summed E-state index contributed by atoms with van der Waals surface area (Å²) in [7, 11) is 1.50. The molecule has 0 aliphatic heterocycles. The van der Waals surface area contributed by atoms with Gasteiger partial charge in [-0.2, -0.15) is 0 Å². The fraction of sp³-hybridized carbons (Fsp3) is 0.250. The zero-order valence-corrected chi connectivity index (χ0v) is 15.3. The number of carbonyl (C=O) groups excluding carboxylic acids is 1. The second-order valence-electron chi connectivity index (χ2n) is 6.12. The van der Waals surface area contributed by atoms with Crippen molar-refractivity contribution in [3.8, 4) is 22.9 Å². The number of aromatic nitrogens is 2. The molecule has 7 nitrogen and oxygen atoms in total. The number of para-hydroxylation sites is 1. The maximum atomic E-state index is 12.3. The van der Waals surface area contributed by atoms with Gasteiger partial charge in [-0.3, -0.25) is 4.79 Å². The van der Waals surface area contributed by atoms with Crippen molar-refractivity contribution < 1.29 is 19.0 Å². The summed E-state index contributed by atoms with van der Waals surface area (Å²) in [6.45, 7) is 3.31. The lowest BCUT2D eigenvalue weighted by Gasteiger charge is -2.13. The highest BCUT2D eigenvalue weighted by Gasteiger charge is 2.13. The number of methoxy groups -OCH3 is 1. The van der Waals surface area contributed by atoms with E-state index in [0.717, 1.165) is 0 Å². The molecular weight excluding hydrogens is 348 g/mol. The van der Waals surface area contributed by atoms with Crippen LogP contribution in [0.5, 0.6) is 11.5 Å². The molecule has 1 N–H and O–H groups in total. The summed E-state index contributed by atoms with van der Waals surface area (Å²) in [5.74, 6) is 0.769. The van der Waals surface area contributed by atoms with Crippen LogP contribution >= 0.6 is 0 Å². The lowest BCUT2D eigenvalue weighted by molar-refractivity contribution is -0.149. The summed E-state index contributed by atoms with van der Waals surface area (Å²) in [5, 5.41) is 0.525. The number of rotatable bonds is 6. The molecule has 0 saturated heterocycles. The first-order valence-electron chi connectivity index (χ1n) is 8.47. The predicted molar refractivity (Wildman–Crippen MR) is 101 cm³/mol. The van der Waals surface area contributed by atoms with Crippen LogP contribution in [0.3, 0.4) is 0 Å². The number of hydrogen-bond donors (Lipinski definition) is 1. The Hall–Kier alpha value is -3.35. The normalized spacial score (nSPS) is 10.8. The van der Waals surface area contributed by atoms with Crippen molar-refractivity contribution in [1.82, 2.24) is 9.97 Å². The number of ether oxygens (including phenoxy) is 3. The average Bonchev–Trinajstić information content (AvgIpc) is 2.65. The minimum absolute atomic E-state index is 0.207. The highest BCUT2D eigenvalue weighted by Crippen LogP contribution is 2.31. The van der Waals surface area contributed by atoms with Gasteiger partial charge in [-0.15, -0.1) is 0 Å². The molecule has 0 aliphatic rings. The van der Waals surface area contributed by atoms with Gasteiger partial charge in [0.25, 0.3) is 5.56 Å². The van der Waals surface area contributed by atoms with Gasteiger partial charge >= 0.3 is 5.97 Å². The third-order valence-corrected chi connectivity index (χ3v) is 3.76. The zero-order valence-electron chi connectivity index (χ0n) is 15.3. The molecule has 27 heavy (non-hydrogen) atoms. The summed E-state index contributed by atoms with van der Waals surface area (Å²) in [6.07, 6.45) is -0.207. The molecule has 140 valence electrons. The van der Waals surface area contributed by atoms with E-state index in [9.17, 15) is 9.59 Å². The molecule has 1 heterocycles. The van der Waals surface area contributed by atoms with E-state index >= 15 is 0 Å². The quantitative estimate of drug-likeness (QED) is 0.673. The molecule has 0 unspecified atom stereocenters. The van der Waals surface area contributed by atoms with Gasteiger partial charge in [-0.25, -0.2) is 9.78 Å².